The largest absolute Gasteiger partial charge is 0.372 e. The van der Waals surface area contributed by atoms with Gasteiger partial charge in [0.25, 0.3) is 0 Å². The van der Waals surface area contributed by atoms with Crippen LogP contribution >= 0.6 is 11.6 Å². The zero-order chi connectivity index (χ0) is 11.5. The zero-order valence-corrected chi connectivity index (χ0v) is 9.89. The van der Waals surface area contributed by atoms with E-state index in [0.29, 0.717) is 17.0 Å². The lowest BCUT2D eigenvalue weighted by molar-refractivity contribution is 0.372. The van der Waals surface area contributed by atoms with E-state index in [4.69, 9.17) is 11.6 Å². The maximum absolute atomic E-state index is 13.4. The molecule has 1 aromatic carbocycles. The summed E-state index contributed by atoms with van der Waals surface area (Å²) in [5.74, 6) is 0.934. The first-order valence-electron chi connectivity index (χ1n) is 5.36. The summed E-state index contributed by atoms with van der Waals surface area (Å²) in [4.78, 5) is 4.30. The lowest BCUT2D eigenvalue weighted by Gasteiger charge is -2.11. The fourth-order valence-electron chi connectivity index (χ4n) is 1.84. The van der Waals surface area contributed by atoms with Crippen molar-refractivity contribution in [3.05, 3.63) is 34.3 Å². The SMILES string of the molecule is C[C@H](F)c1cc(Cl)ccc1CC1=NCCN1. The van der Waals surface area contributed by atoms with Crippen molar-refractivity contribution in [3.8, 4) is 0 Å². The van der Waals surface area contributed by atoms with E-state index in [1.807, 2.05) is 6.07 Å². The summed E-state index contributed by atoms with van der Waals surface area (Å²) in [5.41, 5.74) is 1.61. The average molecular weight is 241 g/mol. The van der Waals surface area contributed by atoms with E-state index in [2.05, 4.69) is 10.3 Å². The number of nitrogens with zero attached hydrogens (tertiary/aromatic N) is 1. The Morgan fingerprint density at radius 1 is 1.56 bits per heavy atom. The first-order chi connectivity index (χ1) is 7.66. The first-order valence-corrected chi connectivity index (χ1v) is 5.74. The predicted molar refractivity (Wildman–Crippen MR) is 65.0 cm³/mol. The molecule has 0 unspecified atom stereocenters. The summed E-state index contributed by atoms with van der Waals surface area (Å²) >= 11 is 5.87. The molecule has 0 aliphatic carbocycles. The van der Waals surface area contributed by atoms with Crippen molar-refractivity contribution < 1.29 is 4.39 Å². The number of benzene rings is 1. The minimum absolute atomic E-state index is 0.574. The summed E-state index contributed by atoms with van der Waals surface area (Å²) in [6.07, 6.45) is -0.350. The molecule has 86 valence electrons. The van der Waals surface area contributed by atoms with Gasteiger partial charge in [-0.1, -0.05) is 17.7 Å². The molecule has 1 aliphatic rings. The summed E-state index contributed by atoms with van der Waals surface area (Å²) < 4.78 is 13.4. The average Bonchev–Trinajstić information content (AvgIpc) is 2.73. The van der Waals surface area contributed by atoms with Crippen LogP contribution in [0.4, 0.5) is 4.39 Å². The summed E-state index contributed by atoms with van der Waals surface area (Å²) in [5, 5.41) is 3.75. The van der Waals surface area contributed by atoms with Crippen LogP contribution < -0.4 is 5.32 Å². The smallest absolute Gasteiger partial charge is 0.123 e. The van der Waals surface area contributed by atoms with Crippen molar-refractivity contribution in [2.24, 2.45) is 4.99 Å². The number of alkyl halides is 1. The molecule has 0 saturated heterocycles. The third kappa shape index (κ3) is 2.53. The topological polar surface area (TPSA) is 24.4 Å². The van der Waals surface area contributed by atoms with Gasteiger partial charge in [-0.3, -0.25) is 4.99 Å². The molecule has 1 N–H and O–H groups in total. The van der Waals surface area contributed by atoms with Crippen molar-refractivity contribution in [2.45, 2.75) is 19.5 Å². The third-order valence-corrected chi connectivity index (χ3v) is 2.87. The van der Waals surface area contributed by atoms with Gasteiger partial charge in [0, 0.05) is 18.0 Å². The Labute approximate surface area is 99.5 Å². The number of hydrogen-bond donors (Lipinski definition) is 1. The van der Waals surface area contributed by atoms with Gasteiger partial charge in [0.15, 0.2) is 0 Å². The van der Waals surface area contributed by atoms with E-state index in [0.717, 1.165) is 24.5 Å². The van der Waals surface area contributed by atoms with Gasteiger partial charge in [0.2, 0.25) is 0 Å². The Hall–Kier alpha value is -1.09. The third-order valence-electron chi connectivity index (χ3n) is 2.64. The van der Waals surface area contributed by atoms with Crippen LogP contribution in [0.15, 0.2) is 23.2 Å². The lowest BCUT2D eigenvalue weighted by Crippen LogP contribution is -2.21. The van der Waals surface area contributed by atoms with Gasteiger partial charge in [-0.15, -0.1) is 0 Å². The second kappa shape index (κ2) is 4.83. The standard InChI is InChI=1S/C12H14ClFN2/c1-8(14)11-7-10(13)3-2-9(11)6-12-15-4-5-16-12/h2-3,7-8H,4-6H2,1H3,(H,15,16)/t8-/m0/s1. The molecule has 0 spiro atoms. The minimum atomic E-state index is -1.00. The van der Waals surface area contributed by atoms with Crippen LogP contribution in [0, 0.1) is 0 Å². The molecule has 4 heteroatoms. The molecule has 1 aliphatic heterocycles. The van der Waals surface area contributed by atoms with Gasteiger partial charge in [0.1, 0.15) is 12.0 Å². The Morgan fingerprint density at radius 3 is 3.00 bits per heavy atom. The molecule has 1 aromatic rings. The molecule has 1 heterocycles. The fourth-order valence-corrected chi connectivity index (χ4v) is 2.02. The normalized spacial score (nSPS) is 16.8. The van der Waals surface area contributed by atoms with Crippen molar-refractivity contribution in [2.75, 3.05) is 13.1 Å². The summed E-state index contributed by atoms with van der Waals surface area (Å²) in [7, 11) is 0. The van der Waals surface area contributed by atoms with E-state index in [1.165, 1.54) is 6.92 Å². The van der Waals surface area contributed by atoms with E-state index in [9.17, 15) is 4.39 Å². The Morgan fingerprint density at radius 2 is 2.38 bits per heavy atom. The molecule has 2 rings (SSSR count). The van der Waals surface area contributed by atoms with Crippen LogP contribution in [0.3, 0.4) is 0 Å². The fraction of sp³-hybridized carbons (Fsp3) is 0.417. The summed E-state index contributed by atoms with van der Waals surface area (Å²) in [6, 6.07) is 5.35. The lowest BCUT2D eigenvalue weighted by atomic mass is 10.0. The van der Waals surface area contributed by atoms with Crippen LogP contribution in [0.25, 0.3) is 0 Å². The van der Waals surface area contributed by atoms with Crippen LogP contribution in [0.1, 0.15) is 24.2 Å². The Kier molecular flexibility index (Phi) is 3.44. The van der Waals surface area contributed by atoms with Gasteiger partial charge in [-0.05, 0) is 30.2 Å². The van der Waals surface area contributed by atoms with Crippen molar-refractivity contribution in [3.63, 3.8) is 0 Å². The molecular weight excluding hydrogens is 227 g/mol. The van der Waals surface area contributed by atoms with Gasteiger partial charge in [0.05, 0.1) is 6.54 Å². The van der Waals surface area contributed by atoms with Crippen molar-refractivity contribution >= 4 is 17.4 Å². The zero-order valence-electron chi connectivity index (χ0n) is 9.13. The molecular formula is C12H14ClFN2. The Bertz CT molecular complexity index is 415. The minimum Gasteiger partial charge on any atom is -0.372 e. The highest BCUT2D eigenvalue weighted by Crippen LogP contribution is 2.25. The second-order valence-electron chi connectivity index (χ2n) is 3.89. The summed E-state index contributed by atoms with van der Waals surface area (Å²) in [6.45, 7) is 3.21. The monoisotopic (exact) mass is 240 g/mol. The number of rotatable bonds is 3. The van der Waals surface area contributed by atoms with Gasteiger partial charge in [-0.2, -0.15) is 0 Å². The number of amidine groups is 1. The van der Waals surface area contributed by atoms with E-state index in [1.54, 1.807) is 12.1 Å². The predicted octanol–water partition coefficient (Wildman–Crippen LogP) is 2.91. The molecule has 0 amide bonds. The van der Waals surface area contributed by atoms with Crippen LogP contribution in [0.5, 0.6) is 0 Å². The molecule has 1 atom stereocenters. The van der Waals surface area contributed by atoms with E-state index >= 15 is 0 Å². The molecule has 0 bridgehead atoms. The van der Waals surface area contributed by atoms with Crippen LogP contribution in [0.2, 0.25) is 5.02 Å². The highest BCUT2D eigenvalue weighted by atomic mass is 35.5. The molecule has 16 heavy (non-hydrogen) atoms. The maximum Gasteiger partial charge on any atom is 0.123 e. The van der Waals surface area contributed by atoms with Gasteiger partial charge < -0.3 is 5.32 Å². The second-order valence-corrected chi connectivity index (χ2v) is 4.33. The number of aliphatic imine (C=N–C) groups is 1. The number of hydrogen-bond acceptors (Lipinski definition) is 2. The van der Waals surface area contributed by atoms with Crippen molar-refractivity contribution in [1.82, 2.24) is 5.32 Å². The number of halogens is 2. The molecule has 0 fully saturated rings. The van der Waals surface area contributed by atoms with Gasteiger partial charge in [-0.25, -0.2) is 4.39 Å². The highest BCUT2D eigenvalue weighted by molar-refractivity contribution is 6.30. The molecule has 0 radical (unpaired) electrons. The van der Waals surface area contributed by atoms with Crippen LogP contribution in [-0.2, 0) is 6.42 Å². The maximum atomic E-state index is 13.4. The first kappa shape index (κ1) is 11.4. The molecule has 2 nitrogen and oxygen atoms in total. The molecule has 0 saturated carbocycles. The van der Waals surface area contributed by atoms with Crippen molar-refractivity contribution in [1.29, 1.82) is 0 Å². The van der Waals surface area contributed by atoms with Crippen LogP contribution in [-0.4, -0.2) is 18.9 Å². The van der Waals surface area contributed by atoms with E-state index in [-0.39, 0.29) is 0 Å². The highest BCUT2D eigenvalue weighted by Gasteiger charge is 2.13. The molecule has 0 aromatic heterocycles. The number of nitrogens with one attached hydrogen (secondary N) is 1. The Balaban J connectivity index is 2.25. The quantitative estimate of drug-likeness (QED) is 0.863. The van der Waals surface area contributed by atoms with Gasteiger partial charge >= 0.3 is 0 Å². The van der Waals surface area contributed by atoms with E-state index < -0.39 is 6.17 Å².